The molecule has 0 saturated carbocycles. The average molecular weight is 626 g/mol. The Morgan fingerprint density at radius 3 is 2.43 bits per heavy atom. The van der Waals surface area contributed by atoms with Crippen molar-refractivity contribution in [1.82, 2.24) is 13.9 Å². The Bertz CT molecular complexity index is 1710. The third-order valence-electron chi connectivity index (χ3n) is 6.27. The van der Waals surface area contributed by atoms with Crippen LogP contribution < -0.4 is 39.0 Å². The fraction of sp³-hybridized carbons (Fsp3) is 0.321. The minimum absolute atomic E-state index is 0. The van der Waals surface area contributed by atoms with Gasteiger partial charge in [-0.05, 0) is 62.2 Å². The van der Waals surface area contributed by atoms with Crippen molar-refractivity contribution in [2.45, 2.75) is 43.0 Å². The number of hydrogen-bond acceptors (Lipinski definition) is 9. The van der Waals surface area contributed by atoms with Gasteiger partial charge in [-0.2, -0.15) is 0 Å². The second-order valence-corrected chi connectivity index (χ2v) is 12.4. The molecule has 0 aliphatic heterocycles. The van der Waals surface area contributed by atoms with Crippen LogP contribution in [-0.4, -0.2) is 64.6 Å². The van der Waals surface area contributed by atoms with Crippen LogP contribution in [0.1, 0.15) is 30.2 Å². The molecule has 0 aliphatic carbocycles. The van der Waals surface area contributed by atoms with Gasteiger partial charge in [-0.15, -0.1) is 0 Å². The minimum Gasteiger partial charge on any atom is -1.00 e. The van der Waals surface area contributed by atoms with E-state index in [0.717, 1.165) is 3.97 Å². The number of carbonyl (C=O) groups is 1. The van der Waals surface area contributed by atoms with E-state index in [1.807, 2.05) is 6.92 Å². The maximum Gasteiger partial charge on any atom is 1.00 e. The quantitative estimate of drug-likeness (QED) is 0.168. The monoisotopic (exact) mass is 625 g/mol. The largest absolute Gasteiger partial charge is 1.00 e. The number of nitrogens with zero attached hydrogens (tertiary/aromatic N) is 3. The Labute approximate surface area is 270 Å². The molecule has 1 N–H and O–H groups in total. The average Bonchev–Trinajstić information content (AvgIpc) is 3.32. The number of aliphatic carboxylic acids is 1. The van der Waals surface area contributed by atoms with E-state index in [9.17, 15) is 17.4 Å². The Morgan fingerprint density at radius 1 is 1.07 bits per heavy atom. The second-order valence-electron chi connectivity index (χ2n) is 9.29. The number of carboxylic acid groups (broad SMARTS) is 1. The van der Waals surface area contributed by atoms with E-state index in [2.05, 4.69) is 9.97 Å². The van der Waals surface area contributed by atoms with E-state index in [0.29, 0.717) is 53.3 Å². The molecule has 0 bridgehead atoms. The zero-order valence-electron chi connectivity index (χ0n) is 25.1. The molecule has 0 fully saturated rings. The molecule has 0 saturated heterocycles. The van der Waals surface area contributed by atoms with E-state index >= 15 is 0 Å². The maximum absolute atomic E-state index is 14.2. The number of rotatable bonds is 13. The zero-order chi connectivity index (χ0) is 29.7. The first kappa shape index (κ1) is 33.7. The molecule has 4 rings (SSSR count). The van der Waals surface area contributed by atoms with Crippen molar-refractivity contribution in [1.29, 1.82) is 0 Å². The smallest absolute Gasteiger partial charge is 1.00 e. The molecule has 11 nitrogen and oxygen atoms in total. The van der Waals surface area contributed by atoms with Gasteiger partial charge in [0.15, 0.2) is 6.61 Å². The van der Waals surface area contributed by atoms with Crippen molar-refractivity contribution in [3.8, 4) is 11.5 Å². The van der Waals surface area contributed by atoms with Crippen LogP contribution in [0.5, 0.6) is 11.5 Å². The molecule has 0 radical (unpaired) electrons. The van der Waals surface area contributed by atoms with Crippen LogP contribution in [0.3, 0.4) is 0 Å². The number of imidazole rings is 1. The predicted molar refractivity (Wildman–Crippen MR) is 154 cm³/mol. The summed E-state index contributed by atoms with van der Waals surface area (Å²) < 4.78 is 59.4. The van der Waals surface area contributed by atoms with Crippen LogP contribution in [0.15, 0.2) is 58.7 Å². The third kappa shape index (κ3) is 7.39. The maximum atomic E-state index is 14.2. The van der Waals surface area contributed by atoms with E-state index in [-0.39, 0.29) is 58.1 Å². The van der Waals surface area contributed by atoms with Gasteiger partial charge in [-0.1, -0.05) is 12.1 Å². The Kier molecular flexibility index (Phi) is 11.7. The van der Waals surface area contributed by atoms with E-state index in [1.165, 1.54) is 12.1 Å². The third-order valence-corrected chi connectivity index (χ3v) is 9.61. The van der Waals surface area contributed by atoms with Crippen LogP contribution in [0, 0.1) is 20.8 Å². The number of aryl methyl sites for hydroxylation is 2. The molecule has 4 aromatic rings. The molecule has 0 spiro atoms. The first-order valence-electron chi connectivity index (χ1n) is 12.7. The standard InChI is InChI=1S/C28H31N3O8S2.Na.H/c1-18-14-21(39-16-26(32)33)15-19(2)27(18)41(35,36)31-24-9-6-5-8-22(24)30-28(31)40(34)17-23-20(3)25(10-11-29-23)38-13-7-12-37-4;;/h5-6,8-11,14-15H,7,12-13,16-17H2,1-4H3,(H,32,33);;/q;+1;-1. The molecule has 2 heterocycles. The zero-order valence-corrected chi connectivity index (χ0v) is 27.8. The van der Waals surface area contributed by atoms with Gasteiger partial charge in [-0.25, -0.2) is 22.2 Å². The number of fused-ring (bicyclic) bond motifs is 1. The van der Waals surface area contributed by atoms with Gasteiger partial charge in [-0.3, -0.25) is 9.19 Å². The molecular weight excluding hydrogens is 593 g/mol. The summed E-state index contributed by atoms with van der Waals surface area (Å²) >= 11 is 0. The molecule has 42 heavy (non-hydrogen) atoms. The van der Waals surface area contributed by atoms with Gasteiger partial charge in [0.05, 0.1) is 44.8 Å². The van der Waals surface area contributed by atoms with Crippen molar-refractivity contribution >= 4 is 37.8 Å². The molecule has 14 heteroatoms. The summed E-state index contributed by atoms with van der Waals surface area (Å²) in [5.74, 6) is -0.408. The van der Waals surface area contributed by atoms with Gasteiger partial charge in [0, 0.05) is 31.9 Å². The fourth-order valence-corrected chi connectivity index (χ4v) is 7.90. The number of hydrogen-bond donors (Lipinski definition) is 1. The van der Waals surface area contributed by atoms with Crippen LogP contribution >= 0.6 is 0 Å². The summed E-state index contributed by atoms with van der Waals surface area (Å²) in [5.41, 5.74) is 2.53. The van der Waals surface area contributed by atoms with Crippen molar-refractivity contribution in [2.24, 2.45) is 0 Å². The van der Waals surface area contributed by atoms with Crippen LogP contribution in [0.4, 0.5) is 0 Å². The number of methoxy groups -OCH3 is 1. The molecule has 2 aromatic carbocycles. The normalized spacial score (nSPS) is 12.1. The summed E-state index contributed by atoms with van der Waals surface area (Å²) in [6, 6.07) is 11.3. The van der Waals surface area contributed by atoms with Gasteiger partial charge in [0.2, 0.25) is 5.16 Å². The van der Waals surface area contributed by atoms with Crippen LogP contribution in [0.2, 0.25) is 0 Å². The molecule has 1 atom stereocenters. The number of para-hydroxylation sites is 2. The number of aromatic nitrogens is 3. The minimum atomic E-state index is -4.30. The molecule has 220 valence electrons. The predicted octanol–water partition coefficient (Wildman–Crippen LogP) is 0.897. The van der Waals surface area contributed by atoms with E-state index in [1.54, 1.807) is 57.5 Å². The Morgan fingerprint density at radius 2 is 1.76 bits per heavy atom. The molecular formula is C28H32N3NaO8S2. The number of ether oxygens (including phenoxy) is 3. The number of benzene rings is 2. The van der Waals surface area contributed by atoms with E-state index < -0.39 is 33.4 Å². The number of carboxylic acids is 1. The molecule has 2 aromatic heterocycles. The Hall–Kier alpha value is -2.81. The second kappa shape index (κ2) is 14.6. The summed E-state index contributed by atoms with van der Waals surface area (Å²) in [7, 11) is -4.59. The van der Waals surface area contributed by atoms with Gasteiger partial charge in [0.25, 0.3) is 10.0 Å². The SMILES string of the molecule is COCCCOc1ccnc(CS(=O)c2nc3ccccc3n2S(=O)(=O)c2c(C)cc(OCC(=O)O)cc2C)c1C.[H-].[Na+]. The molecule has 1 unspecified atom stereocenters. The Balaban J connectivity index is 0.00000323. The first-order valence-corrected chi connectivity index (χ1v) is 15.4. The van der Waals surface area contributed by atoms with Gasteiger partial charge in [0.1, 0.15) is 11.5 Å². The van der Waals surface area contributed by atoms with Gasteiger partial charge >= 0.3 is 35.5 Å². The van der Waals surface area contributed by atoms with Gasteiger partial charge < -0.3 is 20.7 Å². The van der Waals surface area contributed by atoms with Crippen molar-refractivity contribution in [3.63, 3.8) is 0 Å². The summed E-state index contributed by atoms with van der Waals surface area (Å²) in [6.07, 6.45) is 2.26. The summed E-state index contributed by atoms with van der Waals surface area (Å²) in [6.45, 7) is 5.43. The molecule has 0 amide bonds. The van der Waals surface area contributed by atoms with Crippen molar-refractivity contribution in [2.75, 3.05) is 26.9 Å². The summed E-state index contributed by atoms with van der Waals surface area (Å²) in [4.78, 5) is 19.8. The van der Waals surface area contributed by atoms with Crippen LogP contribution in [0.25, 0.3) is 11.0 Å². The fourth-order valence-electron chi connectivity index (χ4n) is 4.43. The first-order chi connectivity index (χ1) is 19.5. The topological polar surface area (TPSA) is 147 Å². The number of pyridine rings is 1. The summed E-state index contributed by atoms with van der Waals surface area (Å²) in [5, 5.41) is 8.79. The van der Waals surface area contributed by atoms with Crippen LogP contribution in [-0.2, 0) is 36.1 Å². The van der Waals surface area contributed by atoms with E-state index in [4.69, 9.17) is 19.3 Å². The molecule has 0 aliphatic rings. The van der Waals surface area contributed by atoms with Crippen molar-refractivity contribution < 1.29 is 67.7 Å². The van der Waals surface area contributed by atoms with Crippen molar-refractivity contribution in [3.05, 3.63) is 71.0 Å².